The van der Waals surface area contributed by atoms with Gasteiger partial charge in [-0.1, -0.05) is 26.7 Å². The Bertz CT molecular complexity index is 1180. The zero-order valence-electron chi connectivity index (χ0n) is 17.8. The number of benzene rings is 1. The van der Waals surface area contributed by atoms with Gasteiger partial charge in [-0.2, -0.15) is 5.10 Å². The highest BCUT2D eigenvalue weighted by molar-refractivity contribution is 7.22. The largest absolute Gasteiger partial charge is 0.231 e. The fourth-order valence-electron chi connectivity index (χ4n) is 4.41. The average Bonchev–Trinajstić information content (AvgIpc) is 3.17. The first-order chi connectivity index (χ1) is 13.9. The number of thiophene rings is 1. The van der Waals surface area contributed by atoms with E-state index in [1.807, 2.05) is 10.6 Å². The summed E-state index contributed by atoms with van der Waals surface area (Å²) in [5.41, 5.74) is 6.39. The molecule has 1 aromatic carbocycles. The lowest BCUT2D eigenvalue weighted by Gasteiger charge is -2.17. The maximum absolute atomic E-state index is 13.8. The summed E-state index contributed by atoms with van der Waals surface area (Å²) in [5, 5.41) is 5.83. The monoisotopic (exact) mass is 409 g/mol. The van der Waals surface area contributed by atoms with E-state index in [9.17, 15) is 4.39 Å². The molecule has 0 N–H and O–H groups in total. The average molecular weight is 410 g/mol. The molecule has 4 aromatic rings. The van der Waals surface area contributed by atoms with Crippen LogP contribution in [0.4, 0.5) is 4.39 Å². The lowest BCUT2D eigenvalue weighted by atomic mass is 9.91. The third-order valence-electron chi connectivity index (χ3n) is 5.74. The van der Waals surface area contributed by atoms with Gasteiger partial charge in [0.2, 0.25) is 0 Å². The number of halogens is 1. The summed E-state index contributed by atoms with van der Waals surface area (Å²) in [4.78, 5) is 6.10. The van der Waals surface area contributed by atoms with E-state index in [2.05, 4.69) is 40.7 Å². The van der Waals surface area contributed by atoms with Crippen molar-refractivity contribution in [2.24, 2.45) is 0 Å². The zero-order chi connectivity index (χ0) is 20.7. The molecule has 0 amide bonds. The van der Waals surface area contributed by atoms with Crippen molar-refractivity contribution in [2.45, 2.75) is 66.2 Å². The molecule has 3 heterocycles. The SMILES string of the molecule is CCCC(CCC)c1cc(C)nn2c(-c3sc4ccc(F)cc4c3C)c(C)nc12. The molecule has 0 spiro atoms. The van der Waals surface area contributed by atoms with Gasteiger partial charge in [-0.15, -0.1) is 11.3 Å². The molecular weight excluding hydrogens is 381 g/mol. The van der Waals surface area contributed by atoms with E-state index >= 15 is 0 Å². The van der Waals surface area contributed by atoms with Crippen LogP contribution in [0.3, 0.4) is 0 Å². The van der Waals surface area contributed by atoms with E-state index in [1.165, 1.54) is 11.6 Å². The Morgan fingerprint density at radius 2 is 1.79 bits per heavy atom. The predicted octanol–water partition coefficient (Wildman–Crippen LogP) is 7.36. The van der Waals surface area contributed by atoms with Gasteiger partial charge in [-0.05, 0) is 74.7 Å². The smallest absolute Gasteiger partial charge is 0.158 e. The highest BCUT2D eigenvalue weighted by Crippen LogP contribution is 2.41. The Balaban J connectivity index is 1.98. The maximum atomic E-state index is 13.8. The minimum atomic E-state index is -0.196. The molecule has 0 radical (unpaired) electrons. The van der Waals surface area contributed by atoms with E-state index in [0.717, 1.165) is 68.9 Å². The first-order valence-electron chi connectivity index (χ1n) is 10.5. The van der Waals surface area contributed by atoms with Crippen LogP contribution in [0.1, 0.15) is 68.0 Å². The molecule has 0 bridgehead atoms. The predicted molar refractivity (Wildman–Crippen MR) is 121 cm³/mol. The van der Waals surface area contributed by atoms with Gasteiger partial charge in [0, 0.05) is 10.3 Å². The van der Waals surface area contributed by atoms with Gasteiger partial charge in [-0.3, -0.25) is 0 Å². The Morgan fingerprint density at radius 3 is 2.48 bits per heavy atom. The molecule has 0 atom stereocenters. The molecule has 0 aliphatic rings. The van der Waals surface area contributed by atoms with Crippen LogP contribution in [0, 0.1) is 26.6 Å². The fourth-order valence-corrected chi connectivity index (χ4v) is 5.68. The van der Waals surface area contributed by atoms with E-state index in [1.54, 1.807) is 17.4 Å². The van der Waals surface area contributed by atoms with E-state index < -0.39 is 0 Å². The zero-order valence-corrected chi connectivity index (χ0v) is 18.7. The topological polar surface area (TPSA) is 30.2 Å². The third kappa shape index (κ3) is 3.46. The van der Waals surface area contributed by atoms with Crippen LogP contribution in [-0.2, 0) is 0 Å². The van der Waals surface area contributed by atoms with Crippen LogP contribution in [0.5, 0.6) is 0 Å². The van der Waals surface area contributed by atoms with Gasteiger partial charge in [0.15, 0.2) is 5.65 Å². The molecule has 0 aliphatic carbocycles. The van der Waals surface area contributed by atoms with Crippen molar-refractivity contribution in [1.82, 2.24) is 14.6 Å². The van der Waals surface area contributed by atoms with Crippen molar-refractivity contribution in [3.63, 3.8) is 0 Å². The number of fused-ring (bicyclic) bond motifs is 2. The number of aromatic nitrogens is 3. The summed E-state index contributed by atoms with van der Waals surface area (Å²) >= 11 is 1.69. The number of hydrogen-bond donors (Lipinski definition) is 0. The Labute approximate surface area is 175 Å². The molecule has 152 valence electrons. The molecule has 29 heavy (non-hydrogen) atoms. The first-order valence-corrected chi connectivity index (χ1v) is 11.3. The number of rotatable bonds is 6. The van der Waals surface area contributed by atoms with Gasteiger partial charge < -0.3 is 0 Å². The minimum Gasteiger partial charge on any atom is -0.231 e. The van der Waals surface area contributed by atoms with Gasteiger partial charge in [0.1, 0.15) is 11.5 Å². The second-order valence-corrected chi connectivity index (χ2v) is 9.05. The van der Waals surface area contributed by atoms with E-state index in [-0.39, 0.29) is 5.82 Å². The quantitative estimate of drug-likeness (QED) is 0.333. The van der Waals surface area contributed by atoms with Crippen LogP contribution >= 0.6 is 11.3 Å². The summed E-state index contributed by atoms with van der Waals surface area (Å²) in [5.74, 6) is 0.305. The molecule has 5 heteroatoms. The van der Waals surface area contributed by atoms with Crippen LogP contribution in [0.25, 0.3) is 26.3 Å². The van der Waals surface area contributed by atoms with Gasteiger partial charge >= 0.3 is 0 Å². The van der Waals surface area contributed by atoms with Crippen molar-refractivity contribution in [3.05, 3.63) is 52.6 Å². The second kappa shape index (κ2) is 7.86. The van der Waals surface area contributed by atoms with Gasteiger partial charge in [0.05, 0.1) is 16.3 Å². The van der Waals surface area contributed by atoms with Crippen LogP contribution in [0.2, 0.25) is 0 Å². The van der Waals surface area contributed by atoms with Crippen molar-refractivity contribution in [3.8, 4) is 10.6 Å². The number of aryl methyl sites for hydroxylation is 3. The summed E-state index contributed by atoms with van der Waals surface area (Å²) in [6, 6.07) is 7.25. The highest BCUT2D eigenvalue weighted by Gasteiger charge is 2.23. The molecule has 0 aliphatic heterocycles. The molecule has 0 saturated carbocycles. The highest BCUT2D eigenvalue weighted by atomic mass is 32.1. The molecule has 0 fully saturated rings. The van der Waals surface area contributed by atoms with Crippen molar-refractivity contribution >= 4 is 27.1 Å². The molecule has 0 saturated heterocycles. The summed E-state index contributed by atoms with van der Waals surface area (Å²) < 4.78 is 16.9. The summed E-state index contributed by atoms with van der Waals surface area (Å²) in [7, 11) is 0. The van der Waals surface area contributed by atoms with E-state index in [4.69, 9.17) is 10.1 Å². The summed E-state index contributed by atoms with van der Waals surface area (Å²) in [6.07, 6.45) is 4.64. The van der Waals surface area contributed by atoms with Gasteiger partial charge in [-0.25, -0.2) is 13.9 Å². The molecule has 4 rings (SSSR count). The number of hydrogen-bond acceptors (Lipinski definition) is 3. The fraction of sp³-hybridized carbons (Fsp3) is 0.417. The van der Waals surface area contributed by atoms with Crippen LogP contribution < -0.4 is 0 Å². The molecule has 3 aromatic heterocycles. The van der Waals surface area contributed by atoms with Crippen LogP contribution in [-0.4, -0.2) is 14.6 Å². The van der Waals surface area contributed by atoms with Gasteiger partial charge in [0.25, 0.3) is 0 Å². The lowest BCUT2D eigenvalue weighted by Crippen LogP contribution is -2.06. The number of imidazole rings is 1. The normalized spacial score (nSPS) is 12.0. The maximum Gasteiger partial charge on any atom is 0.158 e. The second-order valence-electron chi connectivity index (χ2n) is 7.99. The van der Waals surface area contributed by atoms with Crippen molar-refractivity contribution < 1.29 is 4.39 Å². The first kappa shape index (κ1) is 20.0. The molecule has 0 unspecified atom stereocenters. The third-order valence-corrected chi connectivity index (χ3v) is 7.02. The van der Waals surface area contributed by atoms with Crippen molar-refractivity contribution in [2.75, 3.05) is 0 Å². The Hall–Kier alpha value is -2.27. The van der Waals surface area contributed by atoms with E-state index in [0.29, 0.717) is 5.92 Å². The molecule has 3 nitrogen and oxygen atoms in total. The Kier molecular flexibility index (Phi) is 5.43. The molecular formula is C24H28FN3S. The summed E-state index contributed by atoms with van der Waals surface area (Å²) in [6.45, 7) is 10.7. The lowest BCUT2D eigenvalue weighted by molar-refractivity contribution is 0.559. The van der Waals surface area contributed by atoms with Crippen molar-refractivity contribution in [1.29, 1.82) is 0 Å². The minimum absolute atomic E-state index is 0.196. The standard InChI is InChI=1S/C24H28FN3S/c1-6-8-17(9-7-2)20-12-14(3)27-28-22(16(5)26-24(20)28)23-15(4)19-13-18(25)10-11-21(19)29-23/h10-13,17H,6-9H2,1-5H3. The number of nitrogens with zero attached hydrogens (tertiary/aromatic N) is 3. The van der Waals surface area contributed by atoms with Crippen LogP contribution in [0.15, 0.2) is 24.3 Å². The Morgan fingerprint density at radius 1 is 1.07 bits per heavy atom.